The Kier molecular flexibility index (Phi) is 6.72. The third-order valence-electron chi connectivity index (χ3n) is 5.86. The first-order valence-corrected chi connectivity index (χ1v) is 11.6. The van der Waals surface area contributed by atoms with Crippen LogP contribution in [0.1, 0.15) is 48.5 Å². The van der Waals surface area contributed by atoms with Crippen molar-refractivity contribution >= 4 is 22.4 Å². The number of aromatic nitrogens is 1. The molecule has 32 heavy (non-hydrogen) atoms. The van der Waals surface area contributed by atoms with Crippen molar-refractivity contribution in [2.75, 3.05) is 5.32 Å². The molecule has 6 nitrogen and oxygen atoms in total. The number of nitriles is 1. The first-order valence-electron chi connectivity index (χ1n) is 10.8. The van der Waals surface area contributed by atoms with Crippen LogP contribution in [0.25, 0.3) is 11.3 Å². The van der Waals surface area contributed by atoms with Gasteiger partial charge in [-0.1, -0.05) is 55.7 Å². The zero-order chi connectivity index (χ0) is 22.5. The Morgan fingerprint density at radius 1 is 1.12 bits per heavy atom. The van der Waals surface area contributed by atoms with Gasteiger partial charge in [-0.15, -0.1) is 11.3 Å². The Hall–Kier alpha value is -3.37. The largest absolute Gasteiger partial charge is 0.504 e. The quantitative estimate of drug-likeness (QED) is 0.427. The maximum Gasteiger partial charge on any atom is 0.243 e. The lowest BCUT2D eigenvalue weighted by atomic mass is 9.87. The van der Waals surface area contributed by atoms with Crippen LogP contribution in [-0.4, -0.2) is 21.1 Å². The van der Waals surface area contributed by atoms with Crippen LogP contribution in [0, 0.1) is 17.2 Å². The van der Waals surface area contributed by atoms with Crippen molar-refractivity contribution in [3.05, 3.63) is 59.0 Å². The normalized spacial score (nSPS) is 15.1. The minimum Gasteiger partial charge on any atom is -0.504 e. The average Bonchev–Trinajstić information content (AvgIpc) is 3.24. The standard InChI is InChI=1S/C25H25N3O3S/c26-15-19(13-16-11-12-20(29)21(30)14-16)24(31)28-25-27-22(17-7-3-1-4-8-17)23(32-25)18-9-5-2-6-10-18/h1,3-4,7-8,11-12,14,18-19,29-30H,2,5-6,9-10,13H2,(H,27,28,31). The summed E-state index contributed by atoms with van der Waals surface area (Å²) >= 11 is 1.50. The topological polar surface area (TPSA) is 106 Å². The van der Waals surface area contributed by atoms with Gasteiger partial charge in [0.05, 0.1) is 11.8 Å². The van der Waals surface area contributed by atoms with Crippen molar-refractivity contribution in [2.24, 2.45) is 5.92 Å². The number of nitrogens with zero attached hydrogens (tertiary/aromatic N) is 2. The monoisotopic (exact) mass is 447 g/mol. The van der Waals surface area contributed by atoms with E-state index < -0.39 is 11.8 Å². The van der Waals surface area contributed by atoms with E-state index in [0.29, 0.717) is 16.6 Å². The SMILES string of the molecule is N#CC(Cc1ccc(O)c(O)c1)C(=O)Nc1nc(-c2ccccc2)c(C2CCCCC2)s1. The Balaban J connectivity index is 1.56. The molecule has 1 aliphatic carbocycles. The summed E-state index contributed by atoms with van der Waals surface area (Å²) in [6.45, 7) is 0. The summed E-state index contributed by atoms with van der Waals surface area (Å²) in [7, 11) is 0. The average molecular weight is 448 g/mol. The minimum absolute atomic E-state index is 0.128. The van der Waals surface area contributed by atoms with Crippen LogP contribution < -0.4 is 5.32 Å². The molecule has 1 aromatic heterocycles. The maximum absolute atomic E-state index is 12.9. The second kappa shape index (κ2) is 9.84. The first-order chi connectivity index (χ1) is 15.5. The van der Waals surface area contributed by atoms with Crippen LogP contribution in [0.5, 0.6) is 11.5 Å². The molecule has 164 valence electrons. The molecular weight excluding hydrogens is 422 g/mol. The molecule has 1 unspecified atom stereocenters. The predicted molar refractivity (Wildman–Crippen MR) is 125 cm³/mol. The van der Waals surface area contributed by atoms with E-state index in [-0.39, 0.29) is 17.9 Å². The van der Waals surface area contributed by atoms with Gasteiger partial charge < -0.3 is 15.5 Å². The Bertz CT molecular complexity index is 1130. The van der Waals surface area contributed by atoms with Crippen molar-refractivity contribution in [3.63, 3.8) is 0 Å². The Labute approximate surface area is 191 Å². The fraction of sp³-hybridized carbons (Fsp3) is 0.320. The molecule has 1 amide bonds. The third kappa shape index (κ3) is 4.92. The number of phenols is 2. The molecular formula is C25H25N3O3S. The van der Waals surface area contributed by atoms with Gasteiger partial charge in [0.15, 0.2) is 16.6 Å². The molecule has 1 fully saturated rings. The lowest BCUT2D eigenvalue weighted by Gasteiger charge is -2.21. The van der Waals surface area contributed by atoms with Gasteiger partial charge in [-0.25, -0.2) is 4.98 Å². The number of anilines is 1. The van der Waals surface area contributed by atoms with Gasteiger partial charge in [-0.2, -0.15) is 5.26 Å². The summed E-state index contributed by atoms with van der Waals surface area (Å²) in [5, 5.41) is 32.1. The zero-order valence-corrected chi connectivity index (χ0v) is 18.4. The molecule has 4 rings (SSSR count). The number of amides is 1. The number of rotatable bonds is 6. The second-order valence-electron chi connectivity index (χ2n) is 8.13. The van der Waals surface area contributed by atoms with Gasteiger partial charge in [0.2, 0.25) is 5.91 Å². The van der Waals surface area contributed by atoms with Crippen molar-refractivity contribution in [1.29, 1.82) is 5.26 Å². The van der Waals surface area contributed by atoms with E-state index >= 15 is 0 Å². The first kappa shape index (κ1) is 21.8. The molecule has 1 saturated carbocycles. The van der Waals surface area contributed by atoms with Crippen LogP contribution in [-0.2, 0) is 11.2 Å². The van der Waals surface area contributed by atoms with Gasteiger partial charge in [0.1, 0.15) is 5.92 Å². The summed E-state index contributed by atoms with van der Waals surface area (Å²) in [5.41, 5.74) is 2.53. The molecule has 1 atom stereocenters. The van der Waals surface area contributed by atoms with E-state index in [2.05, 4.69) is 5.32 Å². The molecule has 7 heteroatoms. The fourth-order valence-corrected chi connectivity index (χ4v) is 5.31. The molecule has 1 heterocycles. The molecule has 0 bridgehead atoms. The summed E-state index contributed by atoms with van der Waals surface area (Å²) in [6, 6.07) is 16.3. The molecule has 0 saturated heterocycles. The van der Waals surface area contributed by atoms with Gasteiger partial charge in [0.25, 0.3) is 0 Å². The van der Waals surface area contributed by atoms with Crippen molar-refractivity contribution < 1.29 is 15.0 Å². The van der Waals surface area contributed by atoms with Crippen molar-refractivity contribution in [2.45, 2.75) is 44.4 Å². The van der Waals surface area contributed by atoms with E-state index in [4.69, 9.17) is 4.98 Å². The molecule has 3 N–H and O–H groups in total. The van der Waals surface area contributed by atoms with E-state index in [1.807, 2.05) is 36.4 Å². The van der Waals surface area contributed by atoms with Gasteiger partial charge in [-0.3, -0.25) is 4.79 Å². The third-order valence-corrected chi connectivity index (χ3v) is 6.99. The van der Waals surface area contributed by atoms with Gasteiger partial charge in [-0.05, 0) is 42.9 Å². The molecule has 1 aliphatic rings. The molecule has 2 aromatic carbocycles. The van der Waals surface area contributed by atoms with Crippen molar-refractivity contribution in [3.8, 4) is 28.8 Å². The number of nitrogens with one attached hydrogen (secondary N) is 1. The lowest BCUT2D eigenvalue weighted by molar-refractivity contribution is -0.118. The highest BCUT2D eigenvalue weighted by Gasteiger charge is 2.26. The van der Waals surface area contributed by atoms with Crippen molar-refractivity contribution in [1.82, 2.24) is 4.98 Å². The highest BCUT2D eigenvalue weighted by atomic mass is 32.1. The zero-order valence-electron chi connectivity index (χ0n) is 17.6. The minimum atomic E-state index is -0.943. The summed E-state index contributed by atoms with van der Waals surface area (Å²) < 4.78 is 0. The number of hydrogen-bond donors (Lipinski definition) is 3. The van der Waals surface area contributed by atoms with E-state index in [0.717, 1.165) is 24.1 Å². The molecule has 0 aliphatic heterocycles. The molecule has 0 spiro atoms. The highest BCUT2D eigenvalue weighted by molar-refractivity contribution is 7.16. The van der Waals surface area contributed by atoms with Crippen LogP contribution in [0.4, 0.5) is 5.13 Å². The maximum atomic E-state index is 12.9. The number of aromatic hydroxyl groups is 2. The fourth-order valence-electron chi connectivity index (χ4n) is 4.15. The molecule has 0 radical (unpaired) electrons. The van der Waals surface area contributed by atoms with Gasteiger partial charge >= 0.3 is 0 Å². The smallest absolute Gasteiger partial charge is 0.243 e. The van der Waals surface area contributed by atoms with Crippen LogP contribution in [0.2, 0.25) is 0 Å². The Morgan fingerprint density at radius 3 is 2.56 bits per heavy atom. The number of benzene rings is 2. The van der Waals surface area contributed by atoms with Crippen LogP contribution >= 0.6 is 11.3 Å². The number of carbonyl (C=O) groups is 1. The summed E-state index contributed by atoms with van der Waals surface area (Å²) in [4.78, 5) is 18.8. The second-order valence-corrected chi connectivity index (χ2v) is 9.16. The Morgan fingerprint density at radius 2 is 1.88 bits per heavy atom. The van der Waals surface area contributed by atoms with Crippen LogP contribution in [0.3, 0.4) is 0 Å². The predicted octanol–water partition coefficient (Wildman–Crippen LogP) is 5.59. The van der Waals surface area contributed by atoms with E-state index in [9.17, 15) is 20.3 Å². The van der Waals surface area contributed by atoms with E-state index in [1.165, 1.54) is 47.6 Å². The lowest BCUT2D eigenvalue weighted by Crippen LogP contribution is -2.23. The highest BCUT2D eigenvalue weighted by Crippen LogP contribution is 2.42. The summed E-state index contributed by atoms with van der Waals surface area (Å²) in [5.74, 6) is -1.44. The van der Waals surface area contributed by atoms with Gasteiger partial charge in [0, 0.05) is 10.4 Å². The number of phenolic OH excluding ortho intramolecular Hbond substituents is 2. The number of thiazole rings is 1. The number of hydrogen-bond acceptors (Lipinski definition) is 6. The van der Waals surface area contributed by atoms with Crippen LogP contribution in [0.15, 0.2) is 48.5 Å². The van der Waals surface area contributed by atoms with E-state index in [1.54, 1.807) is 6.07 Å². The summed E-state index contributed by atoms with van der Waals surface area (Å²) in [6.07, 6.45) is 6.04. The molecule has 3 aromatic rings. The number of carbonyl (C=O) groups excluding carboxylic acids is 1.